The van der Waals surface area contributed by atoms with Gasteiger partial charge in [0.15, 0.2) is 0 Å². The highest BCUT2D eigenvalue weighted by atomic mass is 32.2. The maximum Gasteiger partial charge on any atom is 0.441 e. The first-order chi connectivity index (χ1) is 6.47. The largest absolute Gasteiger partial charge is 0.441 e. The molecule has 6 heteroatoms. The summed E-state index contributed by atoms with van der Waals surface area (Å²) in [4.78, 5) is 2.18. The Hall–Kier alpha value is 0.0600. The number of likely N-dealkylation sites (N-methyl/N-ethyl adjacent to an activating group) is 1. The number of thioether (sulfide) groups is 1. The van der Waals surface area contributed by atoms with Crippen molar-refractivity contribution in [3.8, 4) is 0 Å². The van der Waals surface area contributed by atoms with Crippen LogP contribution in [0.5, 0.6) is 0 Å². The molecular weight excluding hydrogens is 213 g/mol. The second kappa shape index (κ2) is 5.23. The maximum absolute atomic E-state index is 11.7. The normalized spacial score (nSPS) is 24.4. The van der Waals surface area contributed by atoms with Gasteiger partial charge in [-0.15, -0.1) is 0 Å². The Balaban J connectivity index is 1.99. The molecule has 1 unspecified atom stereocenters. The minimum absolute atomic E-state index is 0.0416. The lowest BCUT2D eigenvalue weighted by Gasteiger charge is -2.12. The van der Waals surface area contributed by atoms with Crippen LogP contribution in [0.4, 0.5) is 13.2 Å². The molecule has 1 saturated heterocycles. The average Bonchev–Trinajstić information content (AvgIpc) is 2.44. The zero-order chi connectivity index (χ0) is 10.6. The number of hydrogen-bond donors (Lipinski definition) is 1. The molecule has 1 N–H and O–H groups in total. The van der Waals surface area contributed by atoms with Crippen LogP contribution in [-0.2, 0) is 0 Å². The molecule has 1 aliphatic heterocycles. The van der Waals surface area contributed by atoms with Crippen molar-refractivity contribution in [3.63, 3.8) is 0 Å². The van der Waals surface area contributed by atoms with E-state index < -0.39 is 5.51 Å². The fourth-order valence-electron chi connectivity index (χ4n) is 1.53. The lowest BCUT2D eigenvalue weighted by atomic mass is 10.3. The molecular formula is C8H15F3N2S. The Labute approximate surface area is 86.2 Å². The molecule has 0 aromatic heterocycles. The van der Waals surface area contributed by atoms with Crippen LogP contribution in [0, 0.1) is 0 Å². The van der Waals surface area contributed by atoms with Crippen molar-refractivity contribution in [1.82, 2.24) is 10.2 Å². The maximum atomic E-state index is 11.7. The topological polar surface area (TPSA) is 15.3 Å². The van der Waals surface area contributed by atoms with E-state index in [-0.39, 0.29) is 17.5 Å². The summed E-state index contributed by atoms with van der Waals surface area (Å²) in [6.07, 6.45) is 1.03. The lowest BCUT2D eigenvalue weighted by molar-refractivity contribution is -0.0327. The Kier molecular flexibility index (Phi) is 4.53. The van der Waals surface area contributed by atoms with Crippen LogP contribution in [0.25, 0.3) is 0 Å². The van der Waals surface area contributed by atoms with Crippen molar-refractivity contribution < 1.29 is 13.2 Å². The first-order valence-electron chi connectivity index (χ1n) is 4.60. The van der Waals surface area contributed by atoms with E-state index in [0.717, 1.165) is 19.5 Å². The summed E-state index contributed by atoms with van der Waals surface area (Å²) in [5.41, 5.74) is -4.09. The van der Waals surface area contributed by atoms with Crippen LogP contribution >= 0.6 is 11.8 Å². The van der Waals surface area contributed by atoms with Crippen LogP contribution in [0.1, 0.15) is 6.42 Å². The Morgan fingerprint density at radius 2 is 2.21 bits per heavy atom. The average molecular weight is 228 g/mol. The van der Waals surface area contributed by atoms with E-state index in [0.29, 0.717) is 12.6 Å². The molecule has 14 heavy (non-hydrogen) atoms. The van der Waals surface area contributed by atoms with Gasteiger partial charge in [0.1, 0.15) is 0 Å². The summed E-state index contributed by atoms with van der Waals surface area (Å²) in [6.45, 7) is 2.41. The Bertz CT molecular complexity index is 174. The van der Waals surface area contributed by atoms with Gasteiger partial charge in [-0.1, -0.05) is 0 Å². The third-order valence-corrected chi connectivity index (χ3v) is 2.93. The molecule has 1 atom stereocenters. The van der Waals surface area contributed by atoms with Crippen LogP contribution in [0.3, 0.4) is 0 Å². The molecule has 0 bridgehead atoms. The van der Waals surface area contributed by atoms with E-state index >= 15 is 0 Å². The van der Waals surface area contributed by atoms with Crippen LogP contribution < -0.4 is 5.32 Å². The van der Waals surface area contributed by atoms with Gasteiger partial charge in [0.2, 0.25) is 0 Å². The Morgan fingerprint density at radius 1 is 1.50 bits per heavy atom. The van der Waals surface area contributed by atoms with Crippen molar-refractivity contribution in [2.75, 3.05) is 32.4 Å². The van der Waals surface area contributed by atoms with Gasteiger partial charge in [-0.25, -0.2) is 0 Å². The minimum atomic E-state index is -4.09. The summed E-state index contributed by atoms with van der Waals surface area (Å²) >= 11 is 0.0416. The molecule has 0 aromatic rings. The van der Waals surface area contributed by atoms with E-state index in [2.05, 4.69) is 10.2 Å². The van der Waals surface area contributed by atoms with Gasteiger partial charge in [-0.2, -0.15) is 13.2 Å². The first kappa shape index (κ1) is 12.1. The third-order valence-electron chi connectivity index (χ3n) is 2.19. The van der Waals surface area contributed by atoms with Gasteiger partial charge >= 0.3 is 5.51 Å². The molecule has 2 nitrogen and oxygen atoms in total. The number of hydrogen-bond acceptors (Lipinski definition) is 3. The first-order valence-corrected chi connectivity index (χ1v) is 5.58. The number of halogens is 3. The van der Waals surface area contributed by atoms with Crippen molar-refractivity contribution in [2.45, 2.75) is 18.0 Å². The molecule has 0 radical (unpaired) electrons. The second-order valence-electron chi connectivity index (χ2n) is 3.50. The number of nitrogens with zero attached hydrogens (tertiary/aromatic N) is 1. The highest BCUT2D eigenvalue weighted by Gasteiger charge is 2.27. The van der Waals surface area contributed by atoms with Gasteiger partial charge in [0.05, 0.1) is 0 Å². The van der Waals surface area contributed by atoms with Crippen molar-refractivity contribution in [1.29, 1.82) is 0 Å². The smallest absolute Gasteiger partial charge is 0.312 e. The fourth-order valence-corrected chi connectivity index (χ4v) is 1.98. The molecule has 0 amide bonds. The summed E-state index contributed by atoms with van der Waals surface area (Å²) in [5, 5.41) is 3.12. The molecule has 84 valence electrons. The molecule has 0 aromatic carbocycles. The molecule has 0 spiro atoms. The van der Waals surface area contributed by atoms with Gasteiger partial charge in [0.25, 0.3) is 0 Å². The summed E-state index contributed by atoms with van der Waals surface area (Å²) < 4.78 is 35.2. The standard InChI is InChI=1S/C8H15F3N2S/c1-13-4-2-7(6-13)12-3-5-14-8(9,10)11/h7,12H,2-6H2,1H3. The molecule has 1 fully saturated rings. The quantitative estimate of drug-likeness (QED) is 0.735. The highest BCUT2D eigenvalue weighted by Crippen LogP contribution is 2.29. The number of alkyl halides is 3. The number of rotatable bonds is 4. The predicted molar refractivity (Wildman–Crippen MR) is 52.4 cm³/mol. The molecule has 1 rings (SSSR count). The highest BCUT2D eigenvalue weighted by molar-refractivity contribution is 8.00. The van der Waals surface area contributed by atoms with Crippen molar-refractivity contribution in [2.24, 2.45) is 0 Å². The molecule has 1 heterocycles. The van der Waals surface area contributed by atoms with Gasteiger partial charge in [-0.3, -0.25) is 0 Å². The lowest BCUT2D eigenvalue weighted by Crippen LogP contribution is -2.33. The van der Waals surface area contributed by atoms with E-state index in [1.807, 2.05) is 7.05 Å². The van der Waals surface area contributed by atoms with Crippen LogP contribution in [0.15, 0.2) is 0 Å². The monoisotopic (exact) mass is 228 g/mol. The summed E-state index contributed by atoms with van der Waals surface area (Å²) in [7, 11) is 2.02. The molecule has 0 aliphatic carbocycles. The summed E-state index contributed by atoms with van der Waals surface area (Å²) in [5.74, 6) is 0.101. The van der Waals surface area contributed by atoms with Gasteiger partial charge in [-0.05, 0) is 31.8 Å². The van der Waals surface area contributed by atoms with Crippen LogP contribution in [-0.4, -0.2) is 48.9 Å². The van der Waals surface area contributed by atoms with E-state index in [4.69, 9.17) is 0 Å². The van der Waals surface area contributed by atoms with E-state index in [1.54, 1.807) is 0 Å². The van der Waals surface area contributed by atoms with Crippen LogP contribution in [0.2, 0.25) is 0 Å². The minimum Gasteiger partial charge on any atom is -0.312 e. The zero-order valence-corrected chi connectivity index (χ0v) is 8.92. The van der Waals surface area contributed by atoms with Gasteiger partial charge < -0.3 is 10.2 Å². The number of likely N-dealkylation sites (tertiary alicyclic amines) is 1. The predicted octanol–water partition coefficient (Wildman–Crippen LogP) is 1.53. The number of nitrogens with one attached hydrogen (secondary N) is 1. The van der Waals surface area contributed by atoms with Gasteiger partial charge in [0, 0.05) is 24.9 Å². The zero-order valence-electron chi connectivity index (χ0n) is 8.10. The molecule has 1 aliphatic rings. The van der Waals surface area contributed by atoms with E-state index in [1.165, 1.54) is 0 Å². The third kappa shape index (κ3) is 5.07. The molecule has 0 saturated carbocycles. The van der Waals surface area contributed by atoms with Crippen molar-refractivity contribution >= 4 is 11.8 Å². The summed E-state index contributed by atoms with van der Waals surface area (Å²) in [6, 6.07) is 0.369. The van der Waals surface area contributed by atoms with E-state index in [9.17, 15) is 13.2 Å². The Morgan fingerprint density at radius 3 is 2.71 bits per heavy atom. The van der Waals surface area contributed by atoms with Crippen molar-refractivity contribution in [3.05, 3.63) is 0 Å². The second-order valence-corrected chi connectivity index (χ2v) is 4.66. The SMILES string of the molecule is CN1CCC(NCCSC(F)(F)F)C1. The fraction of sp³-hybridized carbons (Fsp3) is 1.00.